The van der Waals surface area contributed by atoms with Crippen molar-refractivity contribution in [3.05, 3.63) is 81.9 Å². The predicted octanol–water partition coefficient (Wildman–Crippen LogP) is 8.61. The number of aromatic nitrogens is 6. The number of nitrogens with two attached hydrogens (primary N) is 1. The fourth-order valence-electron chi connectivity index (χ4n) is 11.0. The number of nitrogens with zero attached hydrogens (tertiary/aromatic N) is 3. The molecule has 20 heteroatoms. The summed E-state index contributed by atoms with van der Waals surface area (Å²) in [7, 11) is 1.98. The fraction of sp³-hybridized carbons (Fsp3) is 0.492. The number of carboxylic acids is 2. The highest BCUT2D eigenvalue weighted by atomic mass is 32.2. The Balaban J connectivity index is 1.54. The third-order valence-electron chi connectivity index (χ3n) is 15.4. The summed E-state index contributed by atoms with van der Waals surface area (Å²) in [6.07, 6.45) is 6.13. The van der Waals surface area contributed by atoms with Gasteiger partial charge in [-0.15, -0.1) is 23.5 Å². The molecule has 0 saturated heterocycles. The third kappa shape index (κ3) is 14.2. The minimum absolute atomic E-state index is 0.0361. The van der Waals surface area contributed by atoms with Crippen LogP contribution in [-0.4, -0.2) is 99.9 Å². The van der Waals surface area contributed by atoms with E-state index in [0.29, 0.717) is 61.2 Å². The zero-order valence-corrected chi connectivity index (χ0v) is 48.3. The molecule has 4 aromatic heterocycles. The molecule has 9 bridgehead atoms. The van der Waals surface area contributed by atoms with E-state index in [1.807, 2.05) is 46.9 Å². The van der Waals surface area contributed by atoms with Gasteiger partial charge < -0.3 is 41.5 Å². The molecule has 0 aromatic carbocycles. The van der Waals surface area contributed by atoms with Crippen LogP contribution in [0.4, 0.5) is 0 Å². The van der Waals surface area contributed by atoms with E-state index in [0.717, 1.165) is 76.8 Å². The normalized spacial score (nSPS) is 19.1. The van der Waals surface area contributed by atoms with Crippen LogP contribution in [0.5, 0.6) is 0 Å². The number of H-pyrrole nitrogens is 3. The van der Waals surface area contributed by atoms with Gasteiger partial charge in [0.1, 0.15) is 24.7 Å². The highest BCUT2D eigenvalue weighted by molar-refractivity contribution is 8.08. The van der Waals surface area contributed by atoms with Crippen LogP contribution in [0.1, 0.15) is 158 Å². The van der Waals surface area contributed by atoms with Crippen LogP contribution in [0.2, 0.25) is 0 Å². The number of thioether (sulfide) groups is 2. The smallest absolute Gasteiger partial charge is 0.303 e. The van der Waals surface area contributed by atoms with Crippen molar-refractivity contribution in [2.45, 2.75) is 155 Å². The second-order valence-corrected chi connectivity index (χ2v) is 22.9. The minimum Gasteiger partial charge on any atom is -0.481 e. The number of imidazole rings is 1. The fourth-order valence-corrected chi connectivity index (χ4v) is 13.8. The number of ketones is 2. The molecule has 0 fully saturated rings. The molecule has 3 aliphatic rings. The van der Waals surface area contributed by atoms with Gasteiger partial charge in [0.25, 0.3) is 0 Å². The molecule has 0 saturated carbocycles. The lowest BCUT2D eigenvalue weighted by molar-refractivity contribution is -0.672. The molecule has 3 amide bonds. The highest BCUT2D eigenvalue weighted by Gasteiger charge is 2.36. The van der Waals surface area contributed by atoms with E-state index in [1.165, 1.54) is 11.8 Å². The molecule has 7 heterocycles. The Morgan fingerprint density at radius 3 is 2.08 bits per heavy atom. The summed E-state index contributed by atoms with van der Waals surface area (Å²) in [6, 6.07) is 6.61. The quantitative estimate of drug-likeness (QED) is 0.0434. The van der Waals surface area contributed by atoms with Crippen molar-refractivity contribution in [1.82, 2.24) is 35.6 Å². The maximum absolute atomic E-state index is 14.7. The first-order chi connectivity index (χ1) is 37.8. The molecule has 7 rings (SSSR count). The average molecular weight is 1120 g/mol. The van der Waals surface area contributed by atoms with Crippen molar-refractivity contribution in [3.63, 3.8) is 0 Å². The number of hydrogen-bond acceptors (Lipinski definition) is 11. The molecule has 9 N–H and O–H groups in total. The minimum atomic E-state index is -1.15. The molecule has 422 valence electrons. The molecule has 0 radical (unpaired) electrons. The Morgan fingerprint density at radius 2 is 1.43 bits per heavy atom. The topological polar surface area (TPSA) is 287 Å². The maximum Gasteiger partial charge on any atom is 0.303 e. The number of Topliss-reactive ketones (excluding diaryl/α,β-unsaturated/α-hetero) is 2. The molecule has 0 aliphatic carbocycles. The number of primary amides is 1. The SMILES string of the molecule is CCC1=C(CCC(=O)O)c2cc3[nH]c(cc4[nH]c5cc6[n+](C)c(cc1n2)C(=C6CC)SCC(C(=O)NC(C)Cc1cnc[nH]1)NC(=O)C(CCC(N)=O)CC(=O)C(C)CC(=O)C(CC)CSc5c4CC)c(CC)c3CCC(=O)O. The summed E-state index contributed by atoms with van der Waals surface area (Å²) in [4.78, 5) is 116. The summed E-state index contributed by atoms with van der Waals surface area (Å²) in [5.74, 6) is -5.67. The second kappa shape index (κ2) is 26.9. The summed E-state index contributed by atoms with van der Waals surface area (Å²) >= 11 is 2.99. The van der Waals surface area contributed by atoms with Crippen molar-refractivity contribution >= 4 is 108 Å². The van der Waals surface area contributed by atoms with Crippen LogP contribution in [0.25, 0.3) is 43.7 Å². The van der Waals surface area contributed by atoms with Crippen LogP contribution >= 0.6 is 23.5 Å². The Kier molecular flexibility index (Phi) is 20.4. The lowest BCUT2D eigenvalue weighted by Gasteiger charge is -2.24. The van der Waals surface area contributed by atoms with Gasteiger partial charge in [-0.1, -0.05) is 41.5 Å². The number of aliphatic carboxylic acids is 2. The van der Waals surface area contributed by atoms with Crippen molar-refractivity contribution < 1.29 is 48.3 Å². The average Bonchev–Trinajstić information content (AvgIpc) is 4.36. The first-order valence-corrected chi connectivity index (χ1v) is 29.6. The van der Waals surface area contributed by atoms with Gasteiger partial charge in [0.15, 0.2) is 0 Å². The van der Waals surface area contributed by atoms with E-state index < -0.39 is 59.5 Å². The zero-order valence-electron chi connectivity index (χ0n) is 46.7. The van der Waals surface area contributed by atoms with Gasteiger partial charge in [-0.05, 0) is 98.3 Å². The zero-order chi connectivity index (χ0) is 57.2. The molecular weight excluding hydrogens is 1040 g/mol. The number of amides is 3. The Hall–Kier alpha value is -6.80. The van der Waals surface area contributed by atoms with Gasteiger partial charge in [0, 0.05) is 125 Å². The largest absolute Gasteiger partial charge is 0.481 e. The van der Waals surface area contributed by atoms with Crippen LogP contribution in [0.15, 0.2) is 41.7 Å². The van der Waals surface area contributed by atoms with Crippen LogP contribution in [0.3, 0.4) is 0 Å². The summed E-state index contributed by atoms with van der Waals surface area (Å²) in [5, 5.41) is 26.1. The first-order valence-electron chi connectivity index (χ1n) is 27.7. The number of allylic oxidation sites excluding steroid dienone is 3. The van der Waals surface area contributed by atoms with Gasteiger partial charge >= 0.3 is 11.9 Å². The predicted molar refractivity (Wildman–Crippen MR) is 309 cm³/mol. The molecule has 0 spiro atoms. The Bertz CT molecular complexity index is 3250. The maximum atomic E-state index is 14.7. The van der Waals surface area contributed by atoms with Gasteiger partial charge in [0.2, 0.25) is 29.1 Å². The number of carbonyl (C=O) groups excluding carboxylic acids is 5. The molecular formula is C59H76N9O9S2+. The molecule has 4 aromatic rings. The Labute approximate surface area is 469 Å². The van der Waals surface area contributed by atoms with Crippen LogP contribution in [0, 0.1) is 17.8 Å². The number of hydrogen-bond donors (Lipinski definition) is 8. The number of aromatic amines is 3. The van der Waals surface area contributed by atoms with Gasteiger partial charge in [0.05, 0.1) is 28.1 Å². The number of carboxylic acid groups (broad SMARTS) is 2. The van der Waals surface area contributed by atoms with E-state index in [-0.39, 0.29) is 68.7 Å². The number of rotatable bonds is 18. The molecule has 5 atom stereocenters. The third-order valence-corrected chi connectivity index (χ3v) is 17.9. The van der Waals surface area contributed by atoms with E-state index in [9.17, 15) is 43.8 Å². The van der Waals surface area contributed by atoms with Gasteiger partial charge in [-0.3, -0.25) is 33.6 Å². The summed E-state index contributed by atoms with van der Waals surface area (Å²) < 4.78 is 2.11. The second-order valence-electron chi connectivity index (χ2n) is 20.8. The van der Waals surface area contributed by atoms with Gasteiger partial charge in [-0.2, -0.15) is 4.57 Å². The number of carbonyl (C=O) groups is 7. The van der Waals surface area contributed by atoms with E-state index in [4.69, 9.17) is 10.7 Å². The van der Waals surface area contributed by atoms with E-state index in [2.05, 4.69) is 61.1 Å². The van der Waals surface area contributed by atoms with Crippen molar-refractivity contribution in [2.24, 2.45) is 30.5 Å². The molecule has 3 aliphatic heterocycles. The van der Waals surface area contributed by atoms with Gasteiger partial charge in [-0.25, -0.2) is 9.97 Å². The monoisotopic (exact) mass is 1120 g/mol. The van der Waals surface area contributed by atoms with Crippen molar-refractivity contribution in [1.29, 1.82) is 0 Å². The molecule has 79 heavy (non-hydrogen) atoms. The number of fused-ring (bicyclic) bond motifs is 7. The highest BCUT2D eigenvalue weighted by Crippen LogP contribution is 2.43. The number of aryl methyl sites for hydroxylation is 3. The molecule has 5 unspecified atom stereocenters. The molecule has 18 nitrogen and oxygen atoms in total. The van der Waals surface area contributed by atoms with Crippen molar-refractivity contribution in [2.75, 3.05) is 11.5 Å². The van der Waals surface area contributed by atoms with Crippen molar-refractivity contribution in [3.8, 4) is 0 Å². The lowest BCUT2D eigenvalue weighted by atomic mass is 9.87. The standard InChI is InChI=1S/C59H75N9O9S2/c1-9-33-28-78-56-38(12-4)43-23-42-36(10-2)40(15-18-54(72)73)44(64-42)24-45-41(16-19-55(74)75)37(11-3)46(65-45)25-50-57(39(13-5)49(68(50)8)26-47(56)66-43)79-29-48(59(77)63-32(7)21-35-27-61-30-62-35)67-58(76)34(14-17-53(60)71)22-51(69)31(6)20-52(33)70/h23-27,30-34,48H,9-22,28-29H2,1-8H3,(H8,60,61,62,63,64,65,66,67,71,72,73,74,75,76,77)/p+1. The van der Waals surface area contributed by atoms with E-state index >= 15 is 0 Å². The lowest BCUT2D eigenvalue weighted by Crippen LogP contribution is -2.52. The van der Waals surface area contributed by atoms with Crippen LogP contribution in [-0.2, 0) is 66.3 Å². The first kappa shape index (κ1) is 59.9. The van der Waals surface area contributed by atoms with E-state index in [1.54, 1.807) is 31.2 Å². The number of nitrogens with one attached hydrogen (secondary N) is 5. The Morgan fingerprint density at radius 1 is 0.759 bits per heavy atom. The summed E-state index contributed by atoms with van der Waals surface area (Å²) in [5.41, 5.74) is 17.8. The van der Waals surface area contributed by atoms with Crippen LogP contribution < -0.4 is 20.9 Å². The summed E-state index contributed by atoms with van der Waals surface area (Å²) in [6.45, 7) is 13.7.